The second kappa shape index (κ2) is 11.6. The molecule has 4 N–H and O–H groups in total. The summed E-state index contributed by atoms with van der Waals surface area (Å²) in [6.45, 7) is 0. The number of benzene rings is 2. The van der Waals surface area contributed by atoms with Crippen molar-refractivity contribution in [2.24, 2.45) is 0 Å². The number of rotatable bonds is 4. The maximum Gasteiger partial charge on any atom is 2.00 e. The Labute approximate surface area is 189 Å². The van der Waals surface area contributed by atoms with Crippen LogP contribution in [0.25, 0.3) is 0 Å². The van der Waals surface area contributed by atoms with E-state index in [1.165, 1.54) is 0 Å². The molecule has 0 saturated heterocycles. The number of hydrogen-bond donors (Lipinski definition) is 4. The maximum atomic E-state index is 11.0. The predicted octanol–water partition coefficient (Wildman–Crippen LogP) is -1.54. The number of aromatic carboxylic acids is 4. The predicted molar refractivity (Wildman–Crippen MR) is 78.5 cm³/mol. The van der Waals surface area contributed by atoms with Crippen LogP contribution in [0.15, 0.2) is 24.3 Å². The number of carboxylic acids is 4. The van der Waals surface area contributed by atoms with E-state index in [0.29, 0.717) is 24.3 Å². The van der Waals surface area contributed by atoms with Crippen LogP contribution in [0.1, 0.15) is 41.4 Å². The van der Waals surface area contributed by atoms with Crippen LogP contribution < -0.4 is 20.4 Å². The fraction of sp³-hybridized carbons (Fsp3) is 0. The van der Waals surface area contributed by atoms with Crippen LogP contribution >= 0.6 is 0 Å². The zero-order chi connectivity index (χ0) is 21.8. The number of carboxylic acid groups (broad SMARTS) is 4. The summed E-state index contributed by atoms with van der Waals surface area (Å²) in [7, 11) is 0. The molecule has 30 heavy (non-hydrogen) atoms. The van der Waals surface area contributed by atoms with Crippen LogP contribution in [0.2, 0.25) is 0 Å². The average molecular weight is 513 g/mol. The SMILES string of the molecule is O=C(O)c1cc([O-])c(C(=O)O)cc1[O-].O=C(O)c1cc([O-])c(C(=O)O)cc1[O-].[Fe+2].[Zn+2]. The van der Waals surface area contributed by atoms with Gasteiger partial charge in [-0.15, -0.1) is 0 Å². The first kappa shape index (κ1) is 28.9. The van der Waals surface area contributed by atoms with Crippen LogP contribution in [0.5, 0.6) is 23.0 Å². The Morgan fingerprint density at radius 1 is 0.500 bits per heavy atom. The molecule has 0 unspecified atom stereocenters. The molecule has 0 saturated carbocycles. The Bertz CT molecular complexity index is 830. The van der Waals surface area contributed by atoms with Gasteiger partial charge in [0.15, 0.2) is 0 Å². The van der Waals surface area contributed by atoms with Crippen LogP contribution in [-0.4, -0.2) is 44.3 Å². The summed E-state index contributed by atoms with van der Waals surface area (Å²) in [6, 6.07) is 2.03. The minimum absolute atomic E-state index is 0. The molecule has 0 aromatic heterocycles. The monoisotopic (exact) mass is 512 g/mol. The molecule has 0 aliphatic heterocycles. The summed E-state index contributed by atoms with van der Waals surface area (Å²) in [6.07, 6.45) is 0. The molecular formula is C16H8FeO12Zn. The van der Waals surface area contributed by atoms with Crippen LogP contribution in [0.4, 0.5) is 0 Å². The van der Waals surface area contributed by atoms with E-state index in [9.17, 15) is 39.6 Å². The normalized spacial score (nSPS) is 9.07. The quantitative estimate of drug-likeness (QED) is 0.340. The van der Waals surface area contributed by atoms with Crippen LogP contribution in [0, 0.1) is 0 Å². The zero-order valence-corrected chi connectivity index (χ0v) is 18.5. The second-order valence-electron chi connectivity index (χ2n) is 4.91. The van der Waals surface area contributed by atoms with Crippen LogP contribution in [0.3, 0.4) is 0 Å². The van der Waals surface area contributed by atoms with E-state index in [4.69, 9.17) is 20.4 Å². The van der Waals surface area contributed by atoms with Crippen molar-refractivity contribution in [2.45, 2.75) is 0 Å². The van der Waals surface area contributed by atoms with Gasteiger partial charge in [-0.25, -0.2) is 19.2 Å². The van der Waals surface area contributed by atoms with E-state index >= 15 is 0 Å². The van der Waals surface area contributed by atoms with Crippen molar-refractivity contribution in [3.63, 3.8) is 0 Å². The zero-order valence-electron chi connectivity index (χ0n) is 14.4. The van der Waals surface area contributed by atoms with Gasteiger partial charge >= 0.3 is 60.4 Å². The van der Waals surface area contributed by atoms with Gasteiger partial charge in [-0.3, -0.25) is 0 Å². The van der Waals surface area contributed by atoms with Gasteiger partial charge in [-0.05, 0) is 0 Å². The molecule has 154 valence electrons. The van der Waals surface area contributed by atoms with Gasteiger partial charge in [0, 0.05) is 0 Å². The van der Waals surface area contributed by atoms with Gasteiger partial charge in [0.25, 0.3) is 0 Å². The second-order valence-corrected chi connectivity index (χ2v) is 4.91. The van der Waals surface area contributed by atoms with E-state index in [1.807, 2.05) is 0 Å². The standard InChI is InChI=1S/2C8H6O6.Fe.Zn/c2*9-5-1-3(7(11)12)6(10)2-4(5)8(13)14;;/h2*1-2,9-10H,(H,11,12)(H,13,14);;/q;;2*+2/p-4. The Hall–Kier alpha value is -3.34. The van der Waals surface area contributed by atoms with Crippen molar-refractivity contribution in [3.8, 4) is 23.0 Å². The summed E-state index contributed by atoms with van der Waals surface area (Å²) < 4.78 is 0. The van der Waals surface area contributed by atoms with Crippen molar-refractivity contribution in [2.75, 3.05) is 0 Å². The van der Waals surface area contributed by atoms with E-state index in [2.05, 4.69) is 0 Å². The molecule has 0 radical (unpaired) electrons. The minimum Gasteiger partial charge on any atom is -0.872 e. The Balaban J connectivity index is 0. The van der Waals surface area contributed by atoms with Crippen molar-refractivity contribution < 1.29 is 96.6 Å². The molecule has 14 heteroatoms. The van der Waals surface area contributed by atoms with E-state index < -0.39 is 69.1 Å². The summed E-state index contributed by atoms with van der Waals surface area (Å²) >= 11 is 0. The molecule has 0 fully saturated rings. The maximum absolute atomic E-state index is 11.0. The third kappa shape index (κ3) is 6.92. The molecule has 2 aromatic rings. The smallest absolute Gasteiger partial charge is 0.872 e. The van der Waals surface area contributed by atoms with Crippen molar-refractivity contribution in [1.29, 1.82) is 0 Å². The Kier molecular flexibility index (Phi) is 11.2. The molecular weight excluding hydrogens is 505 g/mol. The molecule has 0 spiro atoms. The van der Waals surface area contributed by atoms with Gasteiger partial charge in [-0.2, -0.15) is 0 Å². The summed E-state index contributed by atoms with van der Waals surface area (Å²) in [4.78, 5) is 41.5. The summed E-state index contributed by atoms with van der Waals surface area (Å²) in [5, 5.41) is 77.6. The topological polar surface area (TPSA) is 241 Å². The van der Waals surface area contributed by atoms with E-state index in [-0.39, 0.29) is 36.5 Å². The third-order valence-corrected chi connectivity index (χ3v) is 3.09. The Morgan fingerprint density at radius 3 is 0.733 bits per heavy atom. The molecule has 0 heterocycles. The third-order valence-electron chi connectivity index (χ3n) is 3.09. The summed E-state index contributed by atoms with van der Waals surface area (Å²) in [5.41, 5.74) is -2.89. The molecule has 0 atom stereocenters. The van der Waals surface area contributed by atoms with Gasteiger partial charge in [0.2, 0.25) is 0 Å². The van der Waals surface area contributed by atoms with Gasteiger partial charge in [-0.1, -0.05) is 47.3 Å². The van der Waals surface area contributed by atoms with Gasteiger partial charge in [0.1, 0.15) is 0 Å². The Morgan fingerprint density at radius 2 is 0.633 bits per heavy atom. The molecule has 0 amide bonds. The first-order valence-corrected chi connectivity index (χ1v) is 6.84. The van der Waals surface area contributed by atoms with Gasteiger partial charge in [0.05, 0.1) is 22.3 Å². The molecule has 0 bridgehead atoms. The average Bonchev–Trinajstić information content (AvgIpc) is 2.57. The van der Waals surface area contributed by atoms with E-state index in [0.717, 1.165) is 0 Å². The number of carbonyl (C=O) groups is 4. The molecule has 0 aliphatic rings. The van der Waals surface area contributed by atoms with Crippen molar-refractivity contribution in [1.82, 2.24) is 0 Å². The molecule has 12 nitrogen and oxygen atoms in total. The fourth-order valence-electron chi connectivity index (χ4n) is 1.79. The molecule has 2 aromatic carbocycles. The molecule has 0 aliphatic carbocycles. The first-order valence-electron chi connectivity index (χ1n) is 6.84. The fourth-order valence-corrected chi connectivity index (χ4v) is 1.79. The van der Waals surface area contributed by atoms with Crippen LogP contribution in [-0.2, 0) is 36.5 Å². The van der Waals surface area contributed by atoms with Gasteiger partial charge < -0.3 is 40.9 Å². The largest absolute Gasteiger partial charge is 2.00 e. The molecule has 2 rings (SSSR count). The minimum atomic E-state index is -1.55. The summed E-state index contributed by atoms with van der Waals surface area (Å²) in [5.74, 6) is -10.2. The van der Waals surface area contributed by atoms with Crippen molar-refractivity contribution >= 4 is 23.9 Å². The first-order chi connectivity index (χ1) is 12.9. The van der Waals surface area contributed by atoms with E-state index in [1.54, 1.807) is 0 Å². The number of hydrogen-bond acceptors (Lipinski definition) is 8. The van der Waals surface area contributed by atoms with Crippen molar-refractivity contribution in [3.05, 3.63) is 46.5 Å².